The second-order valence-corrected chi connectivity index (χ2v) is 5.67. The number of carbonyl (C=O) groups excluding carboxylic acids is 1. The van der Waals surface area contributed by atoms with Crippen molar-refractivity contribution >= 4 is 11.6 Å². The zero-order valence-corrected chi connectivity index (χ0v) is 13.8. The maximum atomic E-state index is 12.5. The largest absolute Gasteiger partial charge is 0.324 e. The van der Waals surface area contributed by atoms with Crippen LogP contribution in [0.15, 0.2) is 47.4 Å². The van der Waals surface area contributed by atoms with Gasteiger partial charge in [0.2, 0.25) is 0 Å². The van der Waals surface area contributed by atoms with E-state index in [4.69, 9.17) is 0 Å². The summed E-state index contributed by atoms with van der Waals surface area (Å²) in [7, 11) is 1.77. The fraction of sp³-hybridized carbons (Fsp3) is 0.167. The second-order valence-electron chi connectivity index (χ2n) is 5.67. The van der Waals surface area contributed by atoms with E-state index in [1.54, 1.807) is 17.7 Å². The first-order valence-electron chi connectivity index (χ1n) is 7.56. The summed E-state index contributed by atoms with van der Waals surface area (Å²) in [6.07, 6.45) is 1.51. The maximum absolute atomic E-state index is 12.5. The lowest BCUT2D eigenvalue weighted by molar-refractivity contribution is 0.101. The number of hydrogen-bond acceptors (Lipinski definition) is 3. The third-order valence-corrected chi connectivity index (χ3v) is 4.00. The van der Waals surface area contributed by atoms with Crippen LogP contribution in [0.2, 0.25) is 0 Å². The van der Waals surface area contributed by atoms with Crippen molar-refractivity contribution in [3.05, 3.63) is 69.9 Å². The fourth-order valence-electron chi connectivity index (χ4n) is 2.48. The number of nitrogens with one attached hydrogen (secondary N) is 2. The highest BCUT2D eigenvalue weighted by molar-refractivity contribution is 6.03. The number of aromatic amines is 1. The molecule has 0 aliphatic carbocycles. The molecule has 3 aromatic rings. The van der Waals surface area contributed by atoms with Gasteiger partial charge in [-0.15, -0.1) is 0 Å². The van der Waals surface area contributed by atoms with Crippen LogP contribution in [0.25, 0.3) is 11.4 Å². The van der Waals surface area contributed by atoms with Crippen molar-refractivity contribution in [2.75, 3.05) is 5.32 Å². The lowest BCUT2D eigenvalue weighted by Crippen LogP contribution is -2.22. The molecule has 0 saturated carbocycles. The average molecular weight is 322 g/mol. The molecule has 3 rings (SSSR count). The fourth-order valence-corrected chi connectivity index (χ4v) is 2.48. The van der Waals surface area contributed by atoms with E-state index in [9.17, 15) is 9.59 Å². The zero-order chi connectivity index (χ0) is 17.3. The molecule has 2 heterocycles. The van der Waals surface area contributed by atoms with Crippen molar-refractivity contribution in [2.24, 2.45) is 7.05 Å². The number of rotatable bonds is 3. The molecule has 6 nitrogen and oxygen atoms in total. The van der Waals surface area contributed by atoms with E-state index in [-0.39, 0.29) is 17.2 Å². The summed E-state index contributed by atoms with van der Waals surface area (Å²) in [6.45, 7) is 3.69. The standard InChI is InChI=1S/C18H18N4O2/c1-11-9-14(17(23)20-12(11)2)21-18(24)15-10-19-16(22(15)3)13-7-5-4-6-8-13/h4-10H,1-3H3,(H,20,23)(H,21,24). The van der Waals surface area contributed by atoms with E-state index in [2.05, 4.69) is 15.3 Å². The molecule has 0 radical (unpaired) electrons. The minimum absolute atomic E-state index is 0.227. The second kappa shape index (κ2) is 6.16. The van der Waals surface area contributed by atoms with Gasteiger partial charge in [0, 0.05) is 18.3 Å². The van der Waals surface area contributed by atoms with Crippen LogP contribution in [0.1, 0.15) is 21.7 Å². The zero-order valence-electron chi connectivity index (χ0n) is 13.8. The number of aryl methyl sites for hydroxylation is 2. The summed E-state index contributed by atoms with van der Waals surface area (Å²) in [6, 6.07) is 11.3. The molecule has 0 aliphatic heterocycles. The van der Waals surface area contributed by atoms with E-state index in [0.29, 0.717) is 11.5 Å². The molecular formula is C18H18N4O2. The highest BCUT2D eigenvalue weighted by atomic mass is 16.2. The lowest BCUT2D eigenvalue weighted by Gasteiger charge is -2.08. The number of pyridine rings is 1. The molecule has 122 valence electrons. The topological polar surface area (TPSA) is 79.8 Å². The van der Waals surface area contributed by atoms with E-state index < -0.39 is 0 Å². The summed E-state index contributed by atoms with van der Waals surface area (Å²) in [4.78, 5) is 31.5. The van der Waals surface area contributed by atoms with Gasteiger partial charge in [-0.3, -0.25) is 9.59 Å². The number of carbonyl (C=O) groups is 1. The Morgan fingerprint density at radius 3 is 2.62 bits per heavy atom. The van der Waals surface area contributed by atoms with Crippen molar-refractivity contribution in [1.82, 2.24) is 14.5 Å². The molecule has 6 heteroatoms. The first-order valence-corrected chi connectivity index (χ1v) is 7.56. The molecule has 24 heavy (non-hydrogen) atoms. The Balaban J connectivity index is 1.91. The van der Waals surface area contributed by atoms with Crippen molar-refractivity contribution in [1.29, 1.82) is 0 Å². The molecule has 1 amide bonds. The van der Waals surface area contributed by atoms with E-state index in [1.807, 2.05) is 44.2 Å². The molecule has 0 atom stereocenters. The van der Waals surface area contributed by atoms with E-state index in [0.717, 1.165) is 16.8 Å². The number of amides is 1. The van der Waals surface area contributed by atoms with Gasteiger partial charge in [-0.2, -0.15) is 0 Å². The van der Waals surface area contributed by atoms with Crippen molar-refractivity contribution in [3.8, 4) is 11.4 Å². The smallest absolute Gasteiger partial charge is 0.274 e. The van der Waals surface area contributed by atoms with Gasteiger partial charge in [0.25, 0.3) is 11.5 Å². The number of H-pyrrole nitrogens is 1. The highest BCUT2D eigenvalue weighted by Crippen LogP contribution is 2.18. The molecule has 0 fully saturated rings. The van der Waals surface area contributed by atoms with Crippen LogP contribution in [0.5, 0.6) is 0 Å². The Morgan fingerprint density at radius 2 is 1.92 bits per heavy atom. The van der Waals surface area contributed by atoms with Crippen molar-refractivity contribution in [2.45, 2.75) is 13.8 Å². The number of anilines is 1. The van der Waals surface area contributed by atoms with E-state index in [1.165, 1.54) is 6.20 Å². The molecule has 0 saturated heterocycles. The van der Waals surface area contributed by atoms with Crippen molar-refractivity contribution in [3.63, 3.8) is 0 Å². The third-order valence-electron chi connectivity index (χ3n) is 4.00. The van der Waals surface area contributed by atoms with Gasteiger partial charge in [-0.05, 0) is 25.5 Å². The van der Waals surface area contributed by atoms with Gasteiger partial charge in [0.05, 0.1) is 6.20 Å². The molecule has 1 aromatic carbocycles. The molecular weight excluding hydrogens is 304 g/mol. The quantitative estimate of drug-likeness (QED) is 0.778. The van der Waals surface area contributed by atoms with Crippen molar-refractivity contribution < 1.29 is 4.79 Å². The first-order chi connectivity index (χ1) is 11.5. The van der Waals surface area contributed by atoms with Crippen LogP contribution in [-0.2, 0) is 7.05 Å². The van der Waals surface area contributed by atoms with Gasteiger partial charge in [-0.1, -0.05) is 30.3 Å². The third kappa shape index (κ3) is 2.86. The number of aromatic nitrogens is 3. The van der Waals surface area contributed by atoms with Gasteiger partial charge >= 0.3 is 0 Å². The monoisotopic (exact) mass is 322 g/mol. The normalized spacial score (nSPS) is 10.6. The first kappa shape index (κ1) is 15.7. The predicted molar refractivity (Wildman–Crippen MR) is 93.1 cm³/mol. The summed E-state index contributed by atoms with van der Waals surface area (Å²) < 4.78 is 1.71. The highest BCUT2D eigenvalue weighted by Gasteiger charge is 2.16. The Hall–Kier alpha value is -3.15. The number of hydrogen-bond donors (Lipinski definition) is 2. The Morgan fingerprint density at radius 1 is 1.21 bits per heavy atom. The summed E-state index contributed by atoms with van der Waals surface area (Å²) in [5.41, 5.74) is 2.89. The molecule has 0 bridgehead atoms. The molecule has 0 spiro atoms. The van der Waals surface area contributed by atoms with Gasteiger partial charge in [0.1, 0.15) is 17.2 Å². The Bertz CT molecular complexity index is 955. The van der Waals surface area contributed by atoms with Crippen LogP contribution in [0, 0.1) is 13.8 Å². The number of benzene rings is 1. The number of nitrogens with zero attached hydrogens (tertiary/aromatic N) is 2. The van der Waals surface area contributed by atoms with Crippen LogP contribution in [-0.4, -0.2) is 20.4 Å². The Labute approximate surface area is 139 Å². The maximum Gasteiger partial charge on any atom is 0.274 e. The van der Waals surface area contributed by atoms with E-state index >= 15 is 0 Å². The SMILES string of the molecule is Cc1cc(NC(=O)c2cnc(-c3ccccc3)n2C)c(=O)[nH]c1C. The molecule has 0 unspecified atom stereocenters. The van der Waals surface area contributed by atoms with Gasteiger partial charge in [0.15, 0.2) is 0 Å². The molecule has 2 aromatic heterocycles. The lowest BCUT2D eigenvalue weighted by atomic mass is 10.2. The average Bonchev–Trinajstić information content (AvgIpc) is 2.95. The molecule has 2 N–H and O–H groups in total. The minimum atomic E-state index is -0.374. The summed E-state index contributed by atoms with van der Waals surface area (Å²) in [5.74, 6) is 0.315. The van der Waals surface area contributed by atoms with Crippen LogP contribution >= 0.6 is 0 Å². The van der Waals surface area contributed by atoms with Crippen LogP contribution in [0.3, 0.4) is 0 Å². The summed E-state index contributed by atoms with van der Waals surface area (Å²) >= 11 is 0. The predicted octanol–water partition coefficient (Wildman–Crippen LogP) is 2.64. The van der Waals surface area contributed by atoms with Crippen LogP contribution < -0.4 is 10.9 Å². The summed E-state index contributed by atoms with van der Waals surface area (Å²) in [5, 5.41) is 2.66. The Kier molecular flexibility index (Phi) is 4.04. The van der Waals surface area contributed by atoms with Crippen LogP contribution in [0.4, 0.5) is 5.69 Å². The molecule has 0 aliphatic rings. The van der Waals surface area contributed by atoms with Gasteiger partial charge in [-0.25, -0.2) is 4.98 Å². The minimum Gasteiger partial charge on any atom is -0.324 e. The number of imidazole rings is 1. The van der Waals surface area contributed by atoms with Gasteiger partial charge < -0.3 is 14.9 Å².